The van der Waals surface area contributed by atoms with Crippen LogP contribution in [0.2, 0.25) is 0 Å². The first-order valence-corrected chi connectivity index (χ1v) is 12.3. The van der Waals surface area contributed by atoms with E-state index in [0.29, 0.717) is 49.8 Å². The summed E-state index contributed by atoms with van der Waals surface area (Å²) >= 11 is 1.54. The van der Waals surface area contributed by atoms with Crippen molar-refractivity contribution in [3.8, 4) is 0 Å². The van der Waals surface area contributed by atoms with Crippen LogP contribution in [0.15, 0.2) is 23.6 Å². The highest BCUT2D eigenvalue weighted by atomic mass is 32.1. The van der Waals surface area contributed by atoms with Gasteiger partial charge < -0.3 is 14.7 Å². The van der Waals surface area contributed by atoms with Crippen molar-refractivity contribution in [1.29, 1.82) is 0 Å². The van der Waals surface area contributed by atoms with Gasteiger partial charge in [0, 0.05) is 49.6 Å². The van der Waals surface area contributed by atoms with Crippen LogP contribution in [-0.2, 0) is 17.7 Å². The molecule has 0 aliphatic carbocycles. The molecule has 1 N–H and O–H groups in total. The zero-order chi connectivity index (χ0) is 22.7. The predicted molar refractivity (Wildman–Crippen MR) is 122 cm³/mol. The first-order valence-electron chi connectivity index (χ1n) is 11.4. The lowest BCUT2D eigenvalue weighted by atomic mass is 9.89. The van der Waals surface area contributed by atoms with E-state index in [-0.39, 0.29) is 23.9 Å². The number of aromatic nitrogens is 1. The van der Waals surface area contributed by atoms with Gasteiger partial charge >= 0.3 is 0 Å². The highest BCUT2D eigenvalue weighted by molar-refractivity contribution is 7.09. The molecule has 32 heavy (non-hydrogen) atoms. The molecule has 2 fully saturated rings. The third-order valence-corrected chi connectivity index (χ3v) is 7.59. The van der Waals surface area contributed by atoms with Crippen molar-refractivity contribution in [2.75, 3.05) is 39.4 Å². The number of aliphatic hydroxyl groups is 1. The topological polar surface area (TPSA) is 65.9 Å². The monoisotopic (exact) mass is 461 g/mol. The summed E-state index contributed by atoms with van der Waals surface area (Å²) in [7, 11) is 0. The maximum atomic E-state index is 14.3. The number of rotatable bonds is 6. The molecule has 2 aliphatic rings. The Kier molecular flexibility index (Phi) is 7.24. The third kappa shape index (κ3) is 5.20. The Labute approximate surface area is 193 Å². The molecule has 1 amide bonds. The number of carbonyl (C=O) groups is 1. The fourth-order valence-electron chi connectivity index (χ4n) is 4.53. The third-order valence-electron chi connectivity index (χ3n) is 6.44. The van der Waals surface area contributed by atoms with Gasteiger partial charge in [-0.3, -0.25) is 9.69 Å². The molecule has 3 heterocycles. The molecule has 2 saturated heterocycles. The molecule has 8 heteroatoms. The maximum Gasteiger partial charge on any atom is 0.273 e. The Morgan fingerprint density at radius 2 is 2.09 bits per heavy atom. The van der Waals surface area contributed by atoms with Crippen LogP contribution in [0.4, 0.5) is 4.39 Å². The first-order chi connectivity index (χ1) is 15.4. The standard InChI is InChI=1S/C24H32FN3O3S/c1-17(2)22-26-21(15-32-22)23(30)28-10-12-31-24(16-28)6-8-27(9-7-24)14-19-13-18(5-11-29)3-4-20(19)25/h3-4,13,15,17,29H,5-12,14,16H2,1-2H3. The Morgan fingerprint density at radius 1 is 1.31 bits per heavy atom. The number of hydrogen-bond acceptors (Lipinski definition) is 6. The zero-order valence-electron chi connectivity index (χ0n) is 18.8. The summed E-state index contributed by atoms with van der Waals surface area (Å²) in [5, 5.41) is 12.0. The minimum atomic E-state index is -0.335. The van der Waals surface area contributed by atoms with Crippen LogP contribution < -0.4 is 0 Å². The van der Waals surface area contributed by atoms with Gasteiger partial charge in [0.15, 0.2) is 0 Å². The lowest BCUT2D eigenvalue weighted by Gasteiger charge is -2.47. The Morgan fingerprint density at radius 3 is 2.78 bits per heavy atom. The number of halogens is 1. The van der Waals surface area contributed by atoms with Crippen LogP contribution in [-0.4, -0.2) is 70.8 Å². The molecule has 0 atom stereocenters. The number of morpholine rings is 1. The average Bonchev–Trinajstić information content (AvgIpc) is 3.28. The number of thiazole rings is 1. The minimum absolute atomic E-state index is 0.0129. The van der Waals surface area contributed by atoms with Crippen molar-refractivity contribution >= 4 is 17.2 Å². The summed E-state index contributed by atoms with van der Waals surface area (Å²) in [5.41, 5.74) is 1.81. The van der Waals surface area contributed by atoms with Gasteiger partial charge in [0.25, 0.3) is 5.91 Å². The van der Waals surface area contributed by atoms with Gasteiger partial charge in [-0.15, -0.1) is 11.3 Å². The molecule has 1 aromatic carbocycles. The van der Waals surface area contributed by atoms with E-state index >= 15 is 0 Å². The fraction of sp³-hybridized carbons (Fsp3) is 0.583. The minimum Gasteiger partial charge on any atom is -0.396 e. The van der Waals surface area contributed by atoms with Gasteiger partial charge in [0.2, 0.25) is 0 Å². The van der Waals surface area contributed by atoms with Gasteiger partial charge in [0.1, 0.15) is 11.5 Å². The van der Waals surface area contributed by atoms with Crippen LogP contribution in [0.3, 0.4) is 0 Å². The molecule has 4 rings (SSSR count). The van der Waals surface area contributed by atoms with E-state index in [0.717, 1.165) is 36.5 Å². The van der Waals surface area contributed by atoms with Crippen LogP contribution >= 0.6 is 11.3 Å². The summed E-state index contributed by atoms with van der Waals surface area (Å²) < 4.78 is 20.5. The molecular weight excluding hydrogens is 429 g/mol. The van der Waals surface area contributed by atoms with Crippen LogP contribution in [0.1, 0.15) is 59.2 Å². The number of aliphatic hydroxyl groups excluding tert-OH is 1. The number of carbonyl (C=O) groups excluding carboxylic acids is 1. The molecule has 2 aromatic rings. The van der Waals surface area contributed by atoms with Crippen LogP contribution in [0.25, 0.3) is 0 Å². The molecule has 0 radical (unpaired) electrons. The molecule has 174 valence electrons. The van der Waals surface area contributed by atoms with Crippen LogP contribution in [0.5, 0.6) is 0 Å². The molecule has 1 aromatic heterocycles. The lowest BCUT2D eigenvalue weighted by molar-refractivity contribution is -0.128. The normalized spacial score (nSPS) is 19.1. The van der Waals surface area contributed by atoms with Crippen molar-refractivity contribution in [2.45, 2.75) is 51.2 Å². The first kappa shape index (κ1) is 23.3. The fourth-order valence-corrected chi connectivity index (χ4v) is 5.34. The second-order valence-corrected chi connectivity index (χ2v) is 10.0. The van der Waals surface area contributed by atoms with E-state index in [1.807, 2.05) is 16.3 Å². The highest BCUT2D eigenvalue weighted by Crippen LogP contribution is 2.32. The molecular formula is C24H32FN3O3S. The van der Waals surface area contributed by atoms with E-state index in [1.54, 1.807) is 17.4 Å². The average molecular weight is 462 g/mol. The zero-order valence-corrected chi connectivity index (χ0v) is 19.7. The van der Waals surface area contributed by atoms with E-state index in [2.05, 4.69) is 23.7 Å². The number of hydrogen-bond donors (Lipinski definition) is 1. The number of benzene rings is 1. The van der Waals surface area contributed by atoms with Crippen molar-refractivity contribution < 1.29 is 19.0 Å². The van der Waals surface area contributed by atoms with Crippen molar-refractivity contribution in [1.82, 2.24) is 14.8 Å². The number of likely N-dealkylation sites (tertiary alicyclic amines) is 1. The van der Waals surface area contributed by atoms with Gasteiger partial charge in [-0.25, -0.2) is 9.37 Å². The molecule has 0 saturated carbocycles. The Balaban J connectivity index is 1.36. The number of amides is 1. The SMILES string of the molecule is CC(C)c1nc(C(=O)N2CCOC3(CCN(Cc4cc(CCO)ccc4F)CC3)C2)cs1. The number of ether oxygens (including phenoxy) is 1. The summed E-state index contributed by atoms with van der Waals surface area (Å²) in [4.78, 5) is 21.7. The van der Waals surface area contributed by atoms with Gasteiger partial charge in [-0.05, 0) is 30.9 Å². The van der Waals surface area contributed by atoms with Crippen LogP contribution in [0, 0.1) is 5.82 Å². The molecule has 2 aliphatic heterocycles. The number of piperidine rings is 1. The predicted octanol–water partition coefficient (Wildman–Crippen LogP) is 3.45. The lowest BCUT2D eigenvalue weighted by Crippen LogP contribution is -2.58. The van der Waals surface area contributed by atoms with E-state index in [9.17, 15) is 9.18 Å². The summed E-state index contributed by atoms with van der Waals surface area (Å²) in [6.45, 7) is 8.05. The molecule has 6 nitrogen and oxygen atoms in total. The Bertz CT molecular complexity index is 940. The summed E-state index contributed by atoms with van der Waals surface area (Å²) in [6, 6.07) is 5.07. The Hall–Kier alpha value is -1.87. The smallest absolute Gasteiger partial charge is 0.273 e. The highest BCUT2D eigenvalue weighted by Gasteiger charge is 2.41. The van der Waals surface area contributed by atoms with Gasteiger partial charge in [0.05, 0.1) is 23.8 Å². The second kappa shape index (κ2) is 9.95. The van der Waals surface area contributed by atoms with Gasteiger partial charge in [-0.1, -0.05) is 26.0 Å². The van der Waals surface area contributed by atoms with Crippen molar-refractivity contribution in [2.24, 2.45) is 0 Å². The van der Waals surface area contributed by atoms with E-state index in [1.165, 1.54) is 6.07 Å². The van der Waals surface area contributed by atoms with E-state index < -0.39 is 0 Å². The maximum absolute atomic E-state index is 14.3. The summed E-state index contributed by atoms with van der Waals surface area (Å²) in [5.74, 6) is 0.0961. The molecule has 0 unspecified atom stereocenters. The number of nitrogens with zero attached hydrogens (tertiary/aromatic N) is 3. The van der Waals surface area contributed by atoms with Crippen molar-refractivity contribution in [3.05, 3.63) is 51.2 Å². The largest absolute Gasteiger partial charge is 0.396 e. The molecule has 0 bridgehead atoms. The second-order valence-electron chi connectivity index (χ2n) is 9.16. The van der Waals surface area contributed by atoms with Gasteiger partial charge in [-0.2, -0.15) is 0 Å². The quantitative estimate of drug-likeness (QED) is 0.714. The van der Waals surface area contributed by atoms with E-state index in [4.69, 9.17) is 9.84 Å². The van der Waals surface area contributed by atoms with Crippen molar-refractivity contribution in [3.63, 3.8) is 0 Å². The summed E-state index contributed by atoms with van der Waals surface area (Å²) in [6.07, 6.45) is 2.15. The molecule has 1 spiro atoms.